The van der Waals surface area contributed by atoms with Crippen LogP contribution in [-0.2, 0) is 0 Å². The lowest BCUT2D eigenvalue weighted by Crippen LogP contribution is -2.13. The van der Waals surface area contributed by atoms with E-state index in [1.165, 1.54) is 11.8 Å². The van der Waals surface area contributed by atoms with Crippen LogP contribution < -0.4 is 10.1 Å². The van der Waals surface area contributed by atoms with Gasteiger partial charge in [0.1, 0.15) is 5.75 Å². The molecule has 0 unspecified atom stereocenters. The highest BCUT2D eigenvalue weighted by Gasteiger charge is 2.11. The maximum atomic E-state index is 12.1. The molecule has 0 fully saturated rings. The summed E-state index contributed by atoms with van der Waals surface area (Å²) < 4.78 is 5.34. The Labute approximate surface area is 131 Å². The van der Waals surface area contributed by atoms with E-state index in [9.17, 15) is 4.79 Å². The Balaban J connectivity index is 0.00000220. The number of hydrogen-bond donors (Lipinski definition) is 1. The first-order valence-electron chi connectivity index (χ1n) is 6.51. The number of aromatic nitrogens is 1. The van der Waals surface area contributed by atoms with Gasteiger partial charge in [0.05, 0.1) is 18.4 Å². The lowest BCUT2D eigenvalue weighted by molar-refractivity contribution is 0.102. The van der Waals surface area contributed by atoms with Crippen molar-refractivity contribution in [2.24, 2.45) is 0 Å². The number of benzene rings is 1. The lowest BCUT2D eigenvalue weighted by atomic mass is 10.0. The molecule has 0 atom stereocenters. The van der Waals surface area contributed by atoms with Gasteiger partial charge in [-0.15, -0.1) is 12.4 Å². The van der Waals surface area contributed by atoms with E-state index in [-0.39, 0.29) is 18.3 Å². The number of anilines is 1. The van der Waals surface area contributed by atoms with Gasteiger partial charge in [0.25, 0.3) is 5.91 Å². The Morgan fingerprint density at radius 1 is 1.29 bits per heavy atom. The molecule has 1 aromatic carbocycles. The predicted octanol–water partition coefficient (Wildman–Crippen LogP) is 3.89. The fraction of sp³-hybridized carbons (Fsp3) is 0.250. The van der Waals surface area contributed by atoms with Gasteiger partial charge in [0.15, 0.2) is 0 Å². The van der Waals surface area contributed by atoms with Crippen molar-refractivity contribution in [1.29, 1.82) is 0 Å². The zero-order chi connectivity index (χ0) is 14.5. The molecule has 21 heavy (non-hydrogen) atoms. The van der Waals surface area contributed by atoms with Crippen molar-refractivity contribution in [2.45, 2.75) is 19.8 Å². The molecular formula is C16H19ClN2O2. The van der Waals surface area contributed by atoms with Crippen LogP contribution in [0, 0.1) is 0 Å². The number of pyridine rings is 1. The molecule has 5 heteroatoms. The van der Waals surface area contributed by atoms with E-state index in [0.29, 0.717) is 22.9 Å². The second-order valence-corrected chi connectivity index (χ2v) is 4.81. The predicted molar refractivity (Wildman–Crippen MR) is 86.5 cm³/mol. The molecule has 0 aliphatic rings. The maximum Gasteiger partial charge on any atom is 0.257 e. The minimum absolute atomic E-state index is 0. The van der Waals surface area contributed by atoms with Crippen LogP contribution in [-0.4, -0.2) is 18.0 Å². The molecule has 4 nitrogen and oxygen atoms in total. The molecule has 1 aromatic heterocycles. The summed E-state index contributed by atoms with van der Waals surface area (Å²) in [6.07, 6.45) is 3.17. The number of halogens is 1. The van der Waals surface area contributed by atoms with E-state index < -0.39 is 0 Å². The van der Waals surface area contributed by atoms with Gasteiger partial charge in [-0.2, -0.15) is 0 Å². The zero-order valence-electron chi connectivity index (χ0n) is 12.3. The van der Waals surface area contributed by atoms with E-state index in [1.807, 2.05) is 18.2 Å². The number of methoxy groups -OCH3 is 1. The van der Waals surface area contributed by atoms with E-state index in [4.69, 9.17) is 4.74 Å². The van der Waals surface area contributed by atoms with E-state index >= 15 is 0 Å². The largest absolute Gasteiger partial charge is 0.495 e. The molecule has 0 saturated heterocycles. The molecule has 0 spiro atoms. The van der Waals surface area contributed by atoms with Crippen LogP contribution >= 0.6 is 12.4 Å². The third-order valence-corrected chi connectivity index (χ3v) is 3.06. The fourth-order valence-electron chi connectivity index (χ4n) is 1.86. The summed E-state index contributed by atoms with van der Waals surface area (Å²) in [5.41, 5.74) is 2.34. The van der Waals surface area contributed by atoms with E-state index in [0.717, 1.165) is 0 Å². The Kier molecular flexibility index (Phi) is 6.18. The second kappa shape index (κ2) is 7.64. The van der Waals surface area contributed by atoms with Crippen LogP contribution in [0.15, 0.2) is 42.7 Å². The molecule has 1 amide bonds. The summed E-state index contributed by atoms with van der Waals surface area (Å²) in [5, 5.41) is 2.84. The smallest absolute Gasteiger partial charge is 0.257 e. The standard InChI is InChI=1S/C16H18N2O2.ClH/c1-11(2)12-6-7-14(15(9-12)20-3)18-16(19)13-5-4-8-17-10-13;/h4-11H,1-3H3,(H,18,19);1H. The molecular weight excluding hydrogens is 288 g/mol. The Morgan fingerprint density at radius 3 is 2.62 bits per heavy atom. The van der Waals surface area contributed by atoms with Gasteiger partial charge in [-0.1, -0.05) is 19.9 Å². The summed E-state index contributed by atoms with van der Waals surface area (Å²) in [6, 6.07) is 9.25. The SMILES string of the molecule is COc1cc(C(C)C)ccc1NC(=O)c1cccnc1.Cl. The molecule has 112 valence electrons. The van der Waals surface area contributed by atoms with Crippen LogP contribution in [0.3, 0.4) is 0 Å². The highest BCUT2D eigenvalue weighted by atomic mass is 35.5. The first-order valence-corrected chi connectivity index (χ1v) is 6.51. The molecule has 0 saturated carbocycles. The van der Waals surface area contributed by atoms with Crippen LogP contribution in [0.2, 0.25) is 0 Å². The molecule has 0 aliphatic carbocycles. The van der Waals surface area contributed by atoms with Gasteiger partial charge in [-0.25, -0.2) is 0 Å². The van der Waals surface area contributed by atoms with Gasteiger partial charge < -0.3 is 10.1 Å². The minimum atomic E-state index is -0.200. The summed E-state index contributed by atoms with van der Waals surface area (Å²) in [4.78, 5) is 16.0. The number of nitrogens with one attached hydrogen (secondary N) is 1. The summed E-state index contributed by atoms with van der Waals surface area (Å²) in [6.45, 7) is 4.23. The average molecular weight is 307 g/mol. The minimum Gasteiger partial charge on any atom is -0.495 e. The lowest BCUT2D eigenvalue weighted by Gasteiger charge is -2.13. The Morgan fingerprint density at radius 2 is 2.05 bits per heavy atom. The number of nitrogens with zero attached hydrogens (tertiary/aromatic N) is 1. The van der Waals surface area contributed by atoms with Gasteiger partial charge >= 0.3 is 0 Å². The Hall–Kier alpha value is -2.07. The topological polar surface area (TPSA) is 51.2 Å². The van der Waals surface area contributed by atoms with Crippen LogP contribution in [0.25, 0.3) is 0 Å². The van der Waals surface area contributed by atoms with Crippen LogP contribution in [0.4, 0.5) is 5.69 Å². The van der Waals surface area contributed by atoms with Crippen LogP contribution in [0.1, 0.15) is 35.7 Å². The molecule has 0 bridgehead atoms. The number of amides is 1. The van der Waals surface area contributed by atoms with Gasteiger partial charge in [0.2, 0.25) is 0 Å². The van der Waals surface area contributed by atoms with Crippen molar-refractivity contribution in [3.05, 3.63) is 53.9 Å². The van der Waals surface area contributed by atoms with Crippen molar-refractivity contribution >= 4 is 24.0 Å². The quantitative estimate of drug-likeness (QED) is 0.932. The van der Waals surface area contributed by atoms with Gasteiger partial charge in [-0.3, -0.25) is 9.78 Å². The first kappa shape index (κ1) is 17.0. The average Bonchev–Trinajstić information content (AvgIpc) is 2.48. The van der Waals surface area contributed by atoms with Crippen LogP contribution in [0.5, 0.6) is 5.75 Å². The highest BCUT2D eigenvalue weighted by molar-refractivity contribution is 6.04. The molecule has 2 rings (SSSR count). The zero-order valence-corrected chi connectivity index (χ0v) is 13.1. The van der Waals surface area contributed by atoms with Gasteiger partial charge in [0, 0.05) is 12.4 Å². The molecule has 1 heterocycles. The molecule has 2 aromatic rings. The number of carbonyl (C=O) groups is 1. The molecule has 0 aliphatic heterocycles. The van der Waals surface area contributed by atoms with Crippen molar-refractivity contribution in [3.8, 4) is 5.75 Å². The number of carbonyl (C=O) groups excluding carboxylic acids is 1. The van der Waals surface area contributed by atoms with Crippen molar-refractivity contribution in [1.82, 2.24) is 4.98 Å². The highest BCUT2D eigenvalue weighted by Crippen LogP contribution is 2.29. The van der Waals surface area contributed by atoms with E-state index in [2.05, 4.69) is 24.1 Å². The monoisotopic (exact) mass is 306 g/mol. The number of rotatable bonds is 4. The van der Waals surface area contributed by atoms with Crippen molar-refractivity contribution in [3.63, 3.8) is 0 Å². The fourth-order valence-corrected chi connectivity index (χ4v) is 1.86. The Bertz CT molecular complexity index is 600. The number of hydrogen-bond acceptors (Lipinski definition) is 3. The second-order valence-electron chi connectivity index (χ2n) is 4.81. The molecule has 1 N–H and O–H groups in total. The normalized spacial score (nSPS) is 9.90. The summed E-state index contributed by atoms with van der Waals surface area (Å²) in [5.74, 6) is 0.870. The third-order valence-electron chi connectivity index (χ3n) is 3.06. The third kappa shape index (κ3) is 4.20. The summed E-state index contributed by atoms with van der Waals surface area (Å²) >= 11 is 0. The van der Waals surface area contributed by atoms with Gasteiger partial charge in [-0.05, 0) is 35.7 Å². The van der Waals surface area contributed by atoms with Crippen molar-refractivity contribution in [2.75, 3.05) is 12.4 Å². The molecule has 0 radical (unpaired) electrons. The number of ether oxygens (including phenoxy) is 1. The first-order chi connectivity index (χ1) is 9.61. The van der Waals surface area contributed by atoms with Crippen molar-refractivity contribution < 1.29 is 9.53 Å². The summed E-state index contributed by atoms with van der Waals surface area (Å²) in [7, 11) is 1.60. The maximum absolute atomic E-state index is 12.1. The van der Waals surface area contributed by atoms with E-state index in [1.54, 1.807) is 25.4 Å².